The minimum Gasteiger partial charge on any atom is -0.339 e. The van der Waals surface area contributed by atoms with Crippen molar-refractivity contribution in [1.29, 1.82) is 0 Å². The van der Waals surface area contributed by atoms with E-state index in [2.05, 4.69) is 77.3 Å². The maximum Gasteiger partial charge on any atom is 0.189 e. The summed E-state index contributed by atoms with van der Waals surface area (Å²) in [7, 11) is 0. The summed E-state index contributed by atoms with van der Waals surface area (Å²) < 4.78 is 15.3. The number of fused-ring (bicyclic) bond motifs is 1. The lowest BCUT2D eigenvalue weighted by molar-refractivity contribution is 0.180. The van der Waals surface area contributed by atoms with E-state index < -0.39 is 0 Å². The molecule has 4 aromatic rings. The molecule has 2 aromatic carbocycles. The van der Waals surface area contributed by atoms with E-state index in [1.807, 2.05) is 0 Å². The summed E-state index contributed by atoms with van der Waals surface area (Å²) in [5.41, 5.74) is 10.1. The number of anilines is 4. The molecule has 7 nitrogen and oxygen atoms in total. The number of piperidine rings is 1. The monoisotopic (exact) mass is 603 g/mol. The molecule has 5 rings (SSSR count). The highest BCUT2D eigenvalue weighted by Crippen LogP contribution is 2.33. The number of rotatable bonds is 8. The van der Waals surface area contributed by atoms with Crippen LogP contribution in [0, 0.1) is 11.7 Å². The van der Waals surface area contributed by atoms with Crippen LogP contribution >= 0.6 is 33.9 Å². The summed E-state index contributed by atoms with van der Waals surface area (Å²) in [6.45, 7) is 3.99. The minimum atomic E-state index is -0.204. The van der Waals surface area contributed by atoms with Gasteiger partial charge in [-0.3, -0.25) is 4.90 Å². The summed E-state index contributed by atoms with van der Waals surface area (Å²) in [4.78, 5) is 15.8. The van der Waals surface area contributed by atoms with Crippen molar-refractivity contribution >= 4 is 66.6 Å². The Bertz CT molecular complexity index is 1290. The predicted octanol–water partition coefficient (Wildman–Crippen LogP) is 5.82. The average molecular weight is 604 g/mol. The Morgan fingerprint density at radius 3 is 2.57 bits per heavy atom. The van der Waals surface area contributed by atoms with Crippen LogP contribution in [0.5, 0.6) is 0 Å². The number of nitrogens with one attached hydrogen (secondary N) is 2. The van der Waals surface area contributed by atoms with Crippen molar-refractivity contribution in [2.24, 2.45) is 11.7 Å². The Hall–Kier alpha value is -2.41. The number of likely N-dealkylation sites (tertiary alicyclic amines) is 1. The predicted molar refractivity (Wildman–Crippen MR) is 149 cm³/mol. The maximum atomic E-state index is 13.9. The topological polar surface area (TPSA) is 92.0 Å². The number of nitrogens with zero attached hydrogens (tertiary/aromatic N) is 4. The third-order valence-electron chi connectivity index (χ3n) is 6.30. The molecule has 182 valence electrons. The zero-order valence-corrected chi connectivity index (χ0v) is 22.2. The van der Waals surface area contributed by atoms with Gasteiger partial charge >= 0.3 is 0 Å². The summed E-state index contributed by atoms with van der Waals surface area (Å²) in [5, 5.41) is 7.42. The number of benzene rings is 2. The van der Waals surface area contributed by atoms with Crippen molar-refractivity contribution in [2.75, 3.05) is 30.3 Å². The van der Waals surface area contributed by atoms with Gasteiger partial charge in [-0.15, -0.1) is 0 Å². The van der Waals surface area contributed by atoms with E-state index >= 15 is 0 Å². The smallest absolute Gasteiger partial charge is 0.189 e. The van der Waals surface area contributed by atoms with Crippen molar-refractivity contribution in [2.45, 2.75) is 23.8 Å². The number of aromatic nitrogens is 3. The second-order valence-corrected chi connectivity index (χ2v) is 10.5. The molecule has 0 radical (unpaired) electrons. The van der Waals surface area contributed by atoms with Crippen molar-refractivity contribution in [1.82, 2.24) is 19.9 Å². The highest BCUT2D eigenvalue weighted by molar-refractivity contribution is 14.1. The molecular weight excluding hydrogens is 576 g/mol. The van der Waals surface area contributed by atoms with Crippen LogP contribution in [0.2, 0.25) is 0 Å². The molecule has 0 atom stereocenters. The van der Waals surface area contributed by atoms with Crippen molar-refractivity contribution in [3.05, 3.63) is 65.7 Å². The van der Waals surface area contributed by atoms with Crippen LogP contribution in [-0.2, 0) is 11.0 Å². The van der Waals surface area contributed by atoms with Crippen LogP contribution in [0.25, 0.3) is 10.3 Å². The lowest BCUT2D eigenvalue weighted by atomic mass is 9.97. The quantitative estimate of drug-likeness (QED) is 0.173. The highest BCUT2D eigenvalue weighted by Gasteiger charge is 2.18. The Kier molecular flexibility index (Phi) is 7.71. The van der Waals surface area contributed by atoms with Gasteiger partial charge in [0.25, 0.3) is 0 Å². The molecule has 3 heterocycles. The van der Waals surface area contributed by atoms with Crippen LogP contribution in [-0.4, -0.2) is 39.5 Å². The van der Waals surface area contributed by atoms with Crippen molar-refractivity contribution in [3.8, 4) is 0 Å². The van der Waals surface area contributed by atoms with Crippen LogP contribution in [0.4, 0.5) is 26.7 Å². The van der Waals surface area contributed by atoms with E-state index in [0.717, 1.165) is 47.4 Å². The molecule has 0 saturated carbocycles. The standard InChI is InChI=1S/C25H27FIN7S/c26-21-6-5-20(11-18(21)12-27)31-23-22-24(30-15-29-23)33-25(35-22)32-19-3-1-17(2-4-19)14-34-9-7-16(13-28)8-10-34/h1-6,11,15-16H,7-10,12-14,28H2,(H2,29,30,31,32,33). The Labute approximate surface area is 221 Å². The molecule has 0 aliphatic carbocycles. The van der Waals surface area contributed by atoms with Gasteiger partial charge in [-0.25, -0.2) is 14.4 Å². The summed E-state index contributed by atoms with van der Waals surface area (Å²) in [6, 6.07) is 13.5. The summed E-state index contributed by atoms with van der Waals surface area (Å²) in [6.07, 6.45) is 3.87. The normalized spacial score (nSPS) is 14.9. The number of halogens is 2. The largest absolute Gasteiger partial charge is 0.339 e. The first-order valence-electron chi connectivity index (χ1n) is 11.6. The zero-order valence-electron chi connectivity index (χ0n) is 19.2. The second-order valence-electron chi connectivity index (χ2n) is 8.74. The van der Waals surface area contributed by atoms with Gasteiger partial charge in [0.05, 0.1) is 0 Å². The fourth-order valence-electron chi connectivity index (χ4n) is 4.24. The van der Waals surface area contributed by atoms with E-state index in [-0.39, 0.29) is 5.82 Å². The number of hydrogen-bond donors (Lipinski definition) is 3. The van der Waals surface area contributed by atoms with E-state index in [1.54, 1.807) is 12.1 Å². The molecule has 1 aliphatic heterocycles. The van der Waals surface area contributed by atoms with Gasteiger partial charge in [0, 0.05) is 22.3 Å². The lowest BCUT2D eigenvalue weighted by Gasteiger charge is -2.31. The van der Waals surface area contributed by atoms with E-state index in [4.69, 9.17) is 5.73 Å². The van der Waals surface area contributed by atoms with Gasteiger partial charge in [0.1, 0.15) is 16.8 Å². The second kappa shape index (κ2) is 11.1. The molecule has 35 heavy (non-hydrogen) atoms. The molecule has 2 aromatic heterocycles. The molecule has 4 N–H and O–H groups in total. The first kappa shape index (κ1) is 24.3. The Balaban J connectivity index is 1.26. The molecule has 0 unspecified atom stereocenters. The maximum absolute atomic E-state index is 13.9. The number of nitrogens with two attached hydrogens (primary N) is 1. The molecular formula is C25H27FIN7S. The van der Waals surface area contributed by atoms with Crippen molar-refractivity contribution in [3.63, 3.8) is 0 Å². The van der Waals surface area contributed by atoms with Gasteiger partial charge in [-0.2, -0.15) is 4.98 Å². The lowest BCUT2D eigenvalue weighted by Crippen LogP contribution is -2.35. The van der Waals surface area contributed by atoms with Crippen LogP contribution in [0.15, 0.2) is 48.8 Å². The summed E-state index contributed by atoms with van der Waals surface area (Å²) in [5.74, 6) is 1.13. The van der Waals surface area contributed by atoms with E-state index in [9.17, 15) is 4.39 Å². The SMILES string of the molecule is NCC1CCN(Cc2ccc(Nc3nc4ncnc(Nc5ccc(F)c(CI)c5)c4s3)cc2)CC1. The van der Waals surface area contributed by atoms with Crippen LogP contribution in [0.1, 0.15) is 24.0 Å². The van der Waals surface area contributed by atoms with Gasteiger partial charge in [0.15, 0.2) is 16.6 Å². The van der Waals surface area contributed by atoms with Crippen LogP contribution < -0.4 is 16.4 Å². The molecule has 1 fully saturated rings. The highest BCUT2D eigenvalue weighted by atomic mass is 127. The zero-order chi connectivity index (χ0) is 24.2. The Morgan fingerprint density at radius 2 is 1.83 bits per heavy atom. The third kappa shape index (κ3) is 5.88. The third-order valence-corrected chi connectivity index (χ3v) is 8.08. The van der Waals surface area contributed by atoms with Gasteiger partial charge in [-0.05, 0) is 79.9 Å². The van der Waals surface area contributed by atoms with Crippen LogP contribution in [0.3, 0.4) is 0 Å². The molecule has 1 aliphatic rings. The molecule has 0 bridgehead atoms. The summed E-state index contributed by atoms with van der Waals surface area (Å²) >= 11 is 3.64. The molecule has 0 spiro atoms. The molecule has 1 saturated heterocycles. The minimum absolute atomic E-state index is 0.204. The fraction of sp³-hybridized carbons (Fsp3) is 0.320. The fourth-order valence-corrected chi connectivity index (χ4v) is 5.71. The number of hydrogen-bond acceptors (Lipinski definition) is 8. The Morgan fingerprint density at radius 1 is 1.06 bits per heavy atom. The van der Waals surface area contributed by atoms with Gasteiger partial charge < -0.3 is 16.4 Å². The van der Waals surface area contributed by atoms with Crippen molar-refractivity contribution < 1.29 is 4.39 Å². The van der Waals surface area contributed by atoms with Gasteiger partial charge in [0.2, 0.25) is 0 Å². The van der Waals surface area contributed by atoms with E-state index in [1.165, 1.54) is 42.1 Å². The molecule has 0 amide bonds. The first-order chi connectivity index (χ1) is 17.1. The molecule has 10 heteroatoms. The number of alkyl halides is 1. The number of thiazole rings is 1. The first-order valence-corrected chi connectivity index (χ1v) is 14.0. The van der Waals surface area contributed by atoms with E-state index in [0.29, 0.717) is 27.4 Å². The van der Waals surface area contributed by atoms with Gasteiger partial charge in [-0.1, -0.05) is 46.1 Å². The average Bonchev–Trinajstić information content (AvgIpc) is 3.30.